The summed E-state index contributed by atoms with van der Waals surface area (Å²) in [7, 11) is 3.40. The van der Waals surface area contributed by atoms with Gasteiger partial charge < -0.3 is 14.4 Å². The predicted molar refractivity (Wildman–Crippen MR) is 176 cm³/mol. The number of rotatable bonds is 10. The first-order valence-corrected chi connectivity index (χ1v) is 14.3. The number of aryl methyl sites for hydroxylation is 1. The average molecular weight is 620 g/mol. The summed E-state index contributed by atoms with van der Waals surface area (Å²) in [6.07, 6.45) is 0. The van der Waals surface area contributed by atoms with Gasteiger partial charge in [0, 0.05) is 18.8 Å². The molecule has 0 atom stereocenters. The molecular formula is C34H39BrN2O2S. The Morgan fingerprint density at radius 3 is 1.77 bits per heavy atom. The lowest BCUT2D eigenvalue weighted by Gasteiger charge is -2.27. The molecule has 6 heteroatoms. The van der Waals surface area contributed by atoms with Gasteiger partial charge in [-0.05, 0) is 64.9 Å². The van der Waals surface area contributed by atoms with E-state index in [0.717, 1.165) is 41.2 Å². The van der Waals surface area contributed by atoms with Crippen molar-refractivity contribution >= 4 is 39.6 Å². The molecule has 40 heavy (non-hydrogen) atoms. The minimum atomic E-state index is 0. The van der Waals surface area contributed by atoms with Crippen LogP contribution >= 0.6 is 28.7 Å². The molecule has 0 heterocycles. The molecule has 4 nitrogen and oxygen atoms in total. The van der Waals surface area contributed by atoms with Crippen molar-refractivity contribution in [2.75, 3.05) is 14.2 Å². The topological polar surface area (TPSA) is 34.1 Å². The number of halogens is 1. The van der Waals surface area contributed by atoms with Gasteiger partial charge in [-0.3, -0.25) is 0 Å². The first-order chi connectivity index (χ1) is 19.0. The molecule has 0 aliphatic heterocycles. The minimum absolute atomic E-state index is 0. The lowest BCUT2D eigenvalue weighted by atomic mass is 9.98. The summed E-state index contributed by atoms with van der Waals surface area (Å²) in [5.41, 5.74) is 7.20. The molecule has 0 radical (unpaired) electrons. The SMILES string of the molecule is Br.COc1ccc(CN(Cc2ccc(OC)cc2)C(=Nc2c(C)cccc2C(C)C)SCc2ccccc2)cc1. The molecular weight excluding hydrogens is 580 g/mol. The lowest BCUT2D eigenvalue weighted by molar-refractivity contribution is 0.405. The fourth-order valence-corrected chi connectivity index (χ4v) is 5.36. The van der Waals surface area contributed by atoms with Crippen molar-refractivity contribution in [2.45, 2.75) is 45.5 Å². The number of aliphatic imine (C=N–C) groups is 1. The van der Waals surface area contributed by atoms with Crippen LogP contribution in [-0.4, -0.2) is 24.3 Å². The van der Waals surface area contributed by atoms with E-state index in [0.29, 0.717) is 5.92 Å². The summed E-state index contributed by atoms with van der Waals surface area (Å²) in [6, 6.07) is 33.7. The number of hydrogen-bond donors (Lipinski definition) is 0. The smallest absolute Gasteiger partial charge is 0.165 e. The zero-order chi connectivity index (χ0) is 27.6. The van der Waals surface area contributed by atoms with Gasteiger partial charge >= 0.3 is 0 Å². The number of nitrogens with zero attached hydrogens (tertiary/aromatic N) is 2. The monoisotopic (exact) mass is 618 g/mol. The number of para-hydroxylation sites is 1. The van der Waals surface area contributed by atoms with Gasteiger partial charge in [0.15, 0.2) is 5.17 Å². The van der Waals surface area contributed by atoms with Gasteiger partial charge in [-0.15, -0.1) is 17.0 Å². The van der Waals surface area contributed by atoms with E-state index < -0.39 is 0 Å². The molecule has 0 aliphatic carbocycles. The Bertz CT molecular complexity index is 1310. The van der Waals surface area contributed by atoms with Crippen LogP contribution < -0.4 is 9.47 Å². The Hall–Kier alpha value is -3.22. The third-order valence-electron chi connectivity index (χ3n) is 6.64. The number of thioether (sulfide) groups is 1. The second-order valence-corrected chi connectivity index (χ2v) is 10.8. The molecule has 4 rings (SSSR count). The minimum Gasteiger partial charge on any atom is -0.497 e. The highest BCUT2D eigenvalue weighted by molar-refractivity contribution is 8.93. The summed E-state index contributed by atoms with van der Waals surface area (Å²) < 4.78 is 10.8. The molecule has 0 bridgehead atoms. The molecule has 0 aliphatic rings. The fraction of sp³-hybridized carbons (Fsp3) is 0.265. The highest BCUT2D eigenvalue weighted by Crippen LogP contribution is 2.33. The number of methoxy groups -OCH3 is 2. The van der Waals surface area contributed by atoms with Crippen molar-refractivity contribution in [2.24, 2.45) is 4.99 Å². The Kier molecular flexibility index (Phi) is 12.2. The predicted octanol–water partition coefficient (Wildman–Crippen LogP) is 9.34. The summed E-state index contributed by atoms with van der Waals surface area (Å²) >= 11 is 1.79. The maximum absolute atomic E-state index is 5.41. The van der Waals surface area contributed by atoms with Crippen LogP contribution in [0.4, 0.5) is 5.69 Å². The van der Waals surface area contributed by atoms with Crippen LogP contribution in [0.2, 0.25) is 0 Å². The quantitative estimate of drug-likeness (QED) is 0.131. The summed E-state index contributed by atoms with van der Waals surface area (Å²) in [5, 5.41) is 1.00. The number of ether oxygens (including phenoxy) is 2. The van der Waals surface area contributed by atoms with Gasteiger partial charge in [-0.2, -0.15) is 0 Å². The molecule has 0 unspecified atom stereocenters. The Morgan fingerprint density at radius 1 is 0.725 bits per heavy atom. The maximum Gasteiger partial charge on any atom is 0.165 e. The van der Waals surface area contributed by atoms with E-state index >= 15 is 0 Å². The third kappa shape index (κ3) is 8.64. The van der Waals surface area contributed by atoms with Crippen molar-refractivity contribution in [3.8, 4) is 11.5 Å². The molecule has 0 fully saturated rings. The summed E-state index contributed by atoms with van der Waals surface area (Å²) in [4.78, 5) is 7.79. The van der Waals surface area contributed by atoms with Crippen molar-refractivity contribution in [3.63, 3.8) is 0 Å². The first kappa shape index (κ1) is 31.3. The molecule has 0 spiro atoms. The maximum atomic E-state index is 5.41. The highest BCUT2D eigenvalue weighted by atomic mass is 79.9. The molecule has 0 saturated carbocycles. The van der Waals surface area contributed by atoms with Gasteiger partial charge in [0.1, 0.15) is 11.5 Å². The van der Waals surface area contributed by atoms with Gasteiger partial charge in [-0.1, -0.05) is 98.4 Å². The summed E-state index contributed by atoms with van der Waals surface area (Å²) in [5.74, 6) is 2.92. The number of amidine groups is 1. The van der Waals surface area contributed by atoms with Crippen LogP contribution in [0.5, 0.6) is 11.5 Å². The molecule has 210 valence electrons. The van der Waals surface area contributed by atoms with Crippen LogP contribution in [-0.2, 0) is 18.8 Å². The molecule has 0 saturated heterocycles. The van der Waals surface area contributed by atoms with Gasteiger partial charge in [-0.25, -0.2) is 4.99 Å². The van der Waals surface area contributed by atoms with Crippen LogP contribution in [0, 0.1) is 6.92 Å². The van der Waals surface area contributed by atoms with Crippen LogP contribution in [0.15, 0.2) is 102 Å². The van der Waals surface area contributed by atoms with E-state index in [1.165, 1.54) is 27.8 Å². The fourth-order valence-electron chi connectivity index (χ4n) is 4.41. The van der Waals surface area contributed by atoms with Crippen LogP contribution in [0.1, 0.15) is 47.6 Å². The normalized spacial score (nSPS) is 11.2. The molecule has 4 aromatic carbocycles. The van der Waals surface area contributed by atoms with E-state index in [-0.39, 0.29) is 17.0 Å². The Balaban J connectivity index is 0.00000441. The van der Waals surface area contributed by atoms with E-state index in [4.69, 9.17) is 14.5 Å². The standard InChI is InChI=1S/C34H38N2O2S.BrH/c1-25(2)32-13-9-10-26(3)33(32)35-34(39-24-29-11-7-6-8-12-29)36(22-27-14-18-30(37-4)19-15-27)23-28-16-20-31(38-5)21-17-28;/h6-21,25H,22-24H2,1-5H3;1H. The van der Waals surface area contributed by atoms with Gasteiger partial charge in [0.2, 0.25) is 0 Å². The zero-order valence-corrected chi connectivity index (χ0v) is 26.5. The lowest BCUT2D eigenvalue weighted by Crippen LogP contribution is -2.28. The van der Waals surface area contributed by atoms with Crippen molar-refractivity contribution in [1.29, 1.82) is 0 Å². The van der Waals surface area contributed by atoms with E-state index in [1.54, 1.807) is 26.0 Å². The molecule has 0 aromatic heterocycles. The Labute approximate surface area is 254 Å². The third-order valence-corrected chi connectivity index (χ3v) is 7.73. The zero-order valence-electron chi connectivity index (χ0n) is 24.0. The van der Waals surface area contributed by atoms with E-state index in [2.05, 4.69) is 98.5 Å². The highest BCUT2D eigenvalue weighted by Gasteiger charge is 2.17. The van der Waals surface area contributed by atoms with E-state index in [9.17, 15) is 0 Å². The van der Waals surface area contributed by atoms with Crippen molar-refractivity contribution in [3.05, 3.63) is 125 Å². The number of benzene rings is 4. The number of hydrogen-bond acceptors (Lipinski definition) is 4. The summed E-state index contributed by atoms with van der Waals surface area (Å²) in [6.45, 7) is 8.06. The average Bonchev–Trinajstić information content (AvgIpc) is 2.97. The van der Waals surface area contributed by atoms with Crippen molar-refractivity contribution in [1.82, 2.24) is 4.90 Å². The second kappa shape index (κ2) is 15.5. The van der Waals surface area contributed by atoms with Gasteiger partial charge in [0.05, 0.1) is 19.9 Å². The van der Waals surface area contributed by atoms with Crippen molar-refractivity contribution < 1.29 is 9.47 Å². The van der Waals surface area contributed by atoms with Crippen LogP contribution in [0.3, 0.4) is 0 Å². The molecule has 0 N–H and O–H groups in total. The van der Waals surface area contributed by atoms with Crippen LogP contribution in [0.25, 0.3) is 0 Å². The molecule has 4 aromatic rings. The van der Waals surface area contributed by atoms with Gasteiger partial charge in [0.25, 0.3) is 0 Å². The first-order valence-electron chi connectivity index (χ1n) is 13.3. The molecule has 0 amide bonds. The Morgan fingerprint density at radius 2 is 1.27 bits per heavy atom. The largest absolute Gasteiger partial charge is 0.497 e. The second-order valence-electron chi connectivity index (χ2n) is 9.89. The van der Waals surface area contributed by atoms with E-state index in [1.807, 2.05) is 24.3 Å².